The van der Waals surface area contributed by atoms with Crippen molar-refractivity contribution in [3.05, 3.63) is 23.3 Å². The van der Waals surface area contributed by atoms with Gasteiger partial charge in [0.05, 0.1) is 13.7 Å². The molecule has 2 rings (SSSR count). The quantitative estimate of drug-likeness (QED) is 0.806. The molecular formula is C14H19NO4. The minimum atomic E-state index is -0.417. The average Bonchev–Trinajstić information content (AvgIpc) is 2.75. The van der Waals surface area contributed by atoms with Crippen molar-refractivity contribution in [3.63, 3.8) is 0 Å². The van der Waals surface area contributed by atoms with E-state index in [1.807, 2.05) is 19.1 Å². The van der Waals surface area contributed by atoms with E-state index in [1.165, 1.54) is 12.7 Å². The summed E-state index contributed by atoms with van der Waals surface area (Å²) < 4.78 is 15.6. The zero-order valence-corrected chi connectivity index (χ0v) is 11.3. The summed E-state index contributed by atoms with van der Waals surface area (Å²) in [4.78, 5) is 11.1. The number of benzene rings is 1. The maximum Gasteiger partial charge on any atom is 0.343 e. The molecule has 1 unspecified atom stereocenters. The van der Waals surface area contributed by atoms with Crippen molar-refractivity contribution in [3.8, 4) is 11.5 Å². The third kappa shape index (κ3) is 3.17. The molecule has 0 fully saturated rings. The first-order chi connectivity index (χ1) is 9.13. The van der Waals surface area contributed by atoms with Crippen LogP contribution in [0.4, 0.5) is 0 Å². The van der Waals surface area contributed by atoms with Crippen LogP contribution in [0.25, 0.3) is 0 Å². The standard InChI is InChI=1S/C14H19NO4/c1-3-18-12-6-9-4-11(15)5-10(9)7-13(12)19-8-14(16)17-2/h6-7,11H,3-5,8,15H2,1-2H3. The van der Waals surface area contributed by atoms with Crippen molar-refractivity contribution in [1.29, 1.82) is 0 Å². The van der Waals surface area contributed by atoms with E-state index in [-0.39, 0.29) is 12.6 Å². The zero-order chi connectivity index (χ0) is 13.8. The maximum absolute atomic E-state index is 11.1. The van der Waals surface area contributed by atoms with Gasteiger partial charge in [-0.3, -0.25) is 0 Å². The van der Waals surface area contributed by atoms with Gasteiger partial charge in [0.2, 0.25) is 0 Å². The molecule has 0 aromatic heterocycles. The van der Waals surface area contributed by atoms with Crippen LogP contribution >= 0.6 is 0 Å². The molecule has 5 heteroatoms. The lowest BCUT2D eigenvalue weighted by atomic mass is 10.1. The van der Waals surface area contributed by atoms with Gasteiger partial charge in [-0.2, -0.15) is 0 Å². The molecule has 1 aliphatic rings. The molecule has 19 heavy (non-hydrogen) atoms. The first-order valence-electron chi connectivity index (χ1n) is 6.37. The molecule has 1 aromatic carbocycles. The molecule has 104 valence electrons. The van der Waals surface area contributed by atoms with Crippen LogP contribution in [0.2, 0.25) is 0 Å². The van der Waals surface area contributed by atoms with Gasteiger partial charge >= 0.3 is 5.97 Å². The fourth-order valence-corrected chi connectivity index (χ4v) is 2.24. The molecule has 0 saturated heterocycles. The number of carbonyl (C=O) groups is 1. The Balaban J connectivity index is 2.20. The first kappa shape index (κ1) is 13.7. The Labute approximate surface area is 112 Å². The molecule has 1 atom stereocenters. The Kier molecular flexibility index (Phi) is 4.27. The first-order valence-corrected chi connectivity index (χ1v) is 6.37. The van der Waals surface area contributed by atoms with E-state index >= 15 is 0 Å². The number of esters is 1. The Morgan fingerprint density at radius 1 is 1.26 bits per heavy atom. The van der Waals surface area contributed by atoms with Gasteiger partial charge in [0, 0.05) is 6.04 Å². The molecule has 1 aromatic rings. The summed E-state index contributed by atoms with van der Waals surface area (Å²) in [6, 6.07) is 4.02. The monoisotopic (exact) mass is 265 g/mol. The van der Waals surface area contributed by atoms with E-state index < -0.39 is 5.97 Å². The van der Waals surface area contributed by atoms with Gasteiger partial charge < -0.3 is 19.9 Å². The van der Waals surface area contributed by atoms with Crippen molar-refractivity contribution in [2.75, 3.05) is 20.3 Å². The van der Waals surface area contributed by atoms with E-state index in [0.717, 1.165) is 18.4 Å². The van der Waals surface area contributed by atoms with E-state index in [9.17, 15) is 4.79 Å². The molecule has 0 saturated carbocycles. The predicted octanol–water partition coefficient (Wildman–Crippen LogP) is 1.06. The normalized spacial score (nSPS) is 16.9. The predicted molar refractivity (Wildman–Crippen MR) is 70.5 cm³/mol. The number of nitrogens with two attached hydrogens (primary N) is 1. The average molecular weight is 265 g/mol. The van der Waals surface area contributed by atoms with E-state index in [4.69, 9.17) is 15.2 Å². The fourth-order valence-electron chi connectivity index (χ4n) is 2.24. The zero-order valence-electron chi connectivity index (χ0n) is 11.3. The number of rotatable bonds is 5. The van der Waals surface area contributed by atoms with Crippen molar-refractivity contribution in [1.82, 2.24) is 0 Å². The molecule has 0 radical (unpaired) electrons. The largest absolute Gasteiger partial charge is 0.490 e. The molecule has 0 amide bonds. The Morgan fingerprint density at radius 3 is 2.37 bits per heavy atom. The number of hydrogen-bond donors (Lipinski definition) is 1. The third-order valence-electron chi connectivity index (χ3n) is 3.10. The van der Waals surface area contributed by atoms with Crippen LogP contribution in [-0.4, -0.2) is 32.3 Å². The highest BCUT2D eigenvalue weighted by Gasteiger charge is 2.21. The fraction of sp³-hybridized carbons (Fsp3) is 0.500. The second-order valence-corrected chi connectivity index (χ2v) is 4.53. The summed E-state index contributed by atoms with van der Waals surface area (Å²) in [5, 5.41) is 0. The summed E-state index contributed by atoms with van der Waals surface area (Å²) in [7, 11) is 1.33. The molecule has 5 nitrogen and oxygen atoms in total. The van der Waals surface area contributed by atoms with E-state index in [0.29, 0.717) is 18.1 Å². The number of carbonyl (C=O) groups excluding carboxylic acids is 1. The summed E-state index contributed by atoms with van der Waals surface area (Å²) in [5.74, 6) is 0.805. The highest BCUT2D eigenvalue weighted by atomic mass is 16.6. The van der Waals surface area contributed by atoms with Gasteiger partial charge in [0.15, 0.2) is 18.1 Å². The molecule has 0 aliphatic heterocycles. The third-order valence-corrected chi connectivity index (χ3v) is 3.10. The number of fused-ring (bicyclic) bond motifs is 1. The maximum atomic E-state index is 11.1. The number of methoxy groups -OCH3 is 1. The van der Waals surface area contributed by atoms with Crippen LogP contribution in [0.5, 0.6) is 11.5 Å². The Morgan fingerprint density at radius 2 is 1.84 bits per heavy atom. The van der Waals surface area contributed by atoms with Gasteiger partial charge in [-0.05, 0) is 43.0 Å². The molecule has 0 heterocycles. The van der Waals surface area contributed by atoms with Crippen LogP contribution in [0.15, 0.2) is 12.1 Å². The summed E-state index contributed by atoms with van der Waals surface area (Å²) in [6.45, 7) is 2.32. The molecular weight excluding hydrogens is 246 g/mol. The van der Waals surface area contributed by atoms with Crippen LogP contribution in [0, 0.1) is 0 Å². The lowest BCUT2D eigenvalue weighted by Gasteiger charge is -2.13. The summed E-state index contributed by atoms with van der Waals surface area (Å²) >= 11 is 0. The van der Waals surface area contributed by atoms with Crippen LogP contribution in [0.1, 0.15) is 18.1 Å². The number of hydrogen-bond acceptors (Lipinski definition) is 5. The summed E-state index contributed by atoms with van der Waals surface area (Å²) in [5.41, 5.74) is 8.31. The molecule has 2 N–H and O–H groups in total. The lowest BCUT2D eigenvalue weighted by molar-refractivity contribution is -0.142. The topological polar surface area (TPSA) is 70.8 Å². The van der Waals surface area contributed by atoms with Crippen LogP contribution < -0.4 is 15.2 Å². The van der Waals surface area contributed by atoms with Crippen molar-refractivity contribution in [2.24, 2.45) is 5.73 Å². The Hall–Kier alpha value is -1.75. The van der Waals surface area contributed by atoms with E-state index in [2.05, 4.69) is 4.74 Å². The highest BCUT2D eigenvalue weighted by Crippen LogP contribution is 2.35. The van der Waals surface area contributed by atoms with Crippen molar-refractivity contribution in [2.45, 2.75) is 25.8 Å². The van der Waals surface area contributed by atoms with Gasteiger partial charge in [0.25, 0.3) is 0 Å². The van der Waals surface area contributed by atoms with Gasteiger partial charge in [-0.15, -0.1) is 0 Å². The van der Waals surface area contributed by atoms with Crippen LogP contribution in [0.3, 0.4) is 0 Å². The van der Waals surface area contributed by atoms with Crippen LogP contribution in [-0.2, 0) is 22.4 Å². The lowest BCUT2D eigenvalue weighted by Crippen LogP contribution is -2.19. The molecule has 0 spiro atoms. The van der Waals surface area contributed by atoms with Gasteiger partial charge in [-0.25, -0.2) is 4.79 Å². The molecule has 0 bridgehead atoms. The van der Waals surface area contributed by atoms with E-state index in [1.54, 1.807) is 0 Å². The number of ether oxygens (including phenoxy) is 3. The highest BCUT2D eigenvalue weighted by molar-refractivity contribution is 5.71. The minimum Gasteiger partial charge on any atom is -0.490 e. The summed E-state index contributed by atoms with van der Waals surface area (Å²) in [6.07, 6.45) is 1.68. The molecule has 1 aliphatic carbocycles. The minimum absolute atomic E-state index is 0.124. The second-order valence-electron chi connectivity index (χ2n) is 4.53. The smallest absolute Gasteiger partial charge is 0.343 e. The SMILES string of the molecule is CCOc1cc2c(cc1OCC(=O)OC)CC(N)C2. The van der Waals surface area contributed by atoms with Gasteiger partial charge in [0.1, 0.15) is 0 Å². The second kappa shape index (κ2) is 5.93. The van der Waals surface area contributed by atoms with Crippen molar-refractivity contribution >= 4 is 5.97 Å². The Bertz CT molecular complexity index is 473. The van der Waals surface area contributed by atoms with Gasteiger partial charge in [-0.1, -0.05) is 0 Å². The van der Waals surface area contributed by atoms with Crippen molar-refractivity contribution < 1.29 is 19.0 Å².